The van der Waals surface area contributed by atoms with Gasteiger partial charge in [-0.1, -0.05) is 18.0 Å². The molecule has 1 aromatic carbocycles. The Balaban J connectivity index is 1.68. The zero-order valence-corrected chi connectivity index (χ0v) is 12.6. The summed E-state index contributed by atoms with van der Waals surface area (Å²) in [6, 6.07) is 7.78. The van der Waals surface area contributed by atoms with Gasteiger partial charge in [0.15, 0.2) is 5.84 Å². The highest BCUT2D eigenvalue weighted by molar-refractivity contribution is 5.97. The maximum absolute atomic E-state index is 8.60. The smallest absolute Gasteiger partial charge is 0.170 e. The van der Waals surface area contributed by atoms with Gasteiger partial charge in [0.25, 0.3) is 0 Å². The van der Waals surface area contributed by atoms with Gasteiger partial charge < -0.3 is 21.0 Å². The van der Waals surface area contributed by atoms with Crippen molar-refractivity contribution >= 4 is 5.84 Å². The molecule has 0 amide bonds. The van der Waals surface area contributed by atoms with E-state index >= 15 is 0 Å². The first-order chi connectivity index (χ1) is 10.2. The molecule has 0 spiro atoms. The zero-order chi connectivity index (χ0) is 15.1. The average Bonchev–Trinajstić information content (AvgIpc) is 3.05. The molecule has 1 aromatic rings. The SMILES string of the molecule is C[C@H](NCCOc1ccc(/C(N)=N/O)cc1)C1CCCC1. The van der Waals surface area contributed by atoms with Crippen molar-refractivity contribution in [2.75, 3.05) is 13.2 Å². The molecule has 1 saturated carbocycles. The molecule has 5 heteroatoms. The number of hydrogen-bond acceptors (Lipinski definition) is 4. The van der Waals surface area contributed by atoms with Crippen molar-refractivity contribution in [3.63, 3.8) is 0 Å². The zero-order valence-electron chi connectivity index (χ0n) is 12.6. The molecule has 1 aliphatic carbocycles. The first kappa shape index (κ1) is 15.6. The van der Waals surface area contributed by atoms with E-state index in [-0.39, 0.29) is 5.84 Å². The van der Waals surface area contributed by atoms with Crippen LogP contribution in [0, 0.1) is 5.92 Å². The van der Waals surface area contributed by atoms with Gasteiger partial charge in [0.1, 0.15) is 12.4 Å². The normalized spacial score (nSPS) is 17.9. The molecule has 21 heavy (non-hydrogen) atoms. The summed E-state index contributed by atoms with van der Waals surface area (Å²) in [5.74, 6) is 1.72. The van der Waals surface area contributed by atoms with E-state index in [1.807, 2.05) is 12.1 Å². The van der Waals surface area contributed by atoms with Crippen LogP contribution >= 0.6 is 0 Å². The Morgan fingerprint density at radius 2 is 2.05 bits per heavy atom. The van der Waals surface area contributed by atoms with Crippen molar-refractivity contribution in [3.8, 4) is 5.75 Å². The van der Waals surface area contributed by atoms with Gasteiger partial charge >= 0.3 is 0 Å². The van der Waals surface area contributed by atoms with Crippen molar-refractivity contribution in [1.29, 1.82) is 0 Å². The van der Waals surface area contributed by atoms with Crippen LogP contribution in [0.15, 0.2) is 29.4 Å². The highest BCUT2D eigenvalue weighted by Crippen LogP contribution is 2.27. The second-order valence-electron chi connectivity index (χ2n) is 5.65. The number of ether oxygens (including phenoxy) is 1. The minimum Gasteiger partial charge on any atom is -0.492 e. The topological polar surface area (TPSA) is 79.9 Å². The van der Waals surface area contributed by atoms with Crippen LogP contribution in [0.5, 0.6) is 5.75 Å². The second kappa shape index (κ2) is 7.88. The molecule has 0 bridgehead atoms. The fraction of sp³-hybridized carbons (Fsp3) is 0.562. The molecule has 5 nitrogen and oxygen atoms in total. The van der Waals surface area contributed by atoms with Gasteiger partial charge in [-0.3, -0.25) is 0 Å². The molecule has 1 atom stereocenters. The van der Waals surface area contributed by atoms with E-state index in [4.69, 9.17) is 15.7 Å². The molecular formula is C16H25N3O2. The summed E-state index contributed by atoms with van der Waals surface area (Å²) in [6.07, 6.45) is 5.45. The van der Waals surface area contributed by atoms with E-state index in [0.29, 0.717) is 18.2 Å². The number of nitrogens with one attached hydrogen (secondary N) is 1. The molecule has 0 aromatic heterocycles. The van der Waals surface area contributed by atoms with Crippen molar-refractivity contribution in [2.24, 2.45) is 16.8 Å². The third-order valence-electron chi connectivity index (χ3n) is 4.20. The van der Waals surface area contributed by atoms with Gasteiger partial charge in [0.05, 0.1) is 0 Å². The highest BCUT2D eigenvalue weighted by Gasteiger charge is 2.20. The molecule has 4 N–H and O–H groups in total. The molecule has 1 fully saturated rings. The number of nitrogens with zero attached hydrogens (tertiary/aromatic N) is 1. The maximum Gasteiger partial charge on any atom is 0.170 e. The van der Waals surface area contributed by atoms with Crippen molar-refractivity contribution in [2.45, 2.75) is 38.6 Å². The van der Waals surface area contributed by atoms with E-state index in [2.05, 4.69) is 17.4 Å². The number of benzene rings is 1. The van der Waals surface area contributed by atoms with Crippen LogP contribution in [0.25, 0.3) is 0 Å². The number of nitrogens with two attached hydrogens (primary N) is 1. The summed E-state index contributed by atoms with van der Waals surface area (Å²) in [5, 5.41) is 15.1. The monoisotopic (exact) mass is 291 g/mol. The Morgan fingerprint density at radius 1 is 1.38 bits per heavy atom. The first-order valence-electron chi connectivity index (χ1n) is 7.65. The van der Waals surface area contributed by atoms with Crippen molar-refractivity contribution in [1.82, 2.24) is 5.32 Å². The molecule has 1 aliphatic rings. The third kappa shape index (κ3) is 4.63. The summed E-state index contributed by atoms with van der Waals surface area (Å²) < 4.78 is 5.68. The van der Waals surface area contributed by atoms with E-state index in [1.165, 1.54) is 25.7 Å². The Kier molecular flexibility index (Phi) is 5.87. The van der Waals surface area contributed by atoms with Crippen LogP contribution in [0.1, 0.15) is 38.2 Å². The van der Waals surface area contributed by atoms with Crippen molar-refractivity contribution in [3.05, 3.63) is 29.8 Å². The van der Waals surface area contributed by atoms with E-state index < -0.39 is 0 Å². The molecular weight excluding hydrogens is 266 g/mol. The molecule has 0 aliphatic heterocycles. The summed E-state index contributed by atoms with van der Waals surface area (Å²) in [5.41, 5.74) is 6.19. The van der Waals surface area contributed by atoms with Crippen LogP contribution in [0.3, 0.4) is 0 Å². The maximum atomic E-state index is 8.60. The lowest BCUT2D eigenvalue weighted by Crippen LogP contribution is -2.35. The Hall–Kier alpha value is -1.75. The lowest BCUT2D eigenvalue weighted by Gasteiger charge is -2.20. The number of rotatable bonds is 7. The molecule has 0 unspecified atom stereocenters. The lowest BCUT2D eigenvalue weighted by molar-refractivity contribution is 0.290. The number of oxime groups is 1. The van der Waals surface area contributed by atoms with E-state index in [1.54, 1.807) is 12.1 Å². The van der Waals surface area contributed by atoms with Gasteiger partial charge in [0, 0.05) is 18.2 Å². The van der Waals surface area contributed by atoms with Crippen LogP contribution in [0.4, 0.5) is 0 Å². The van der Waals surface area contributed by atoms with Gasteiger partial charge in [-0.05, 0) is 49.9 Å². The Bertz CT molecular complexity index is 453. The predicted molar refractivity (Wildman–Crippen MR) is 83.9 cm³/mol. The quantitative estimate of drug-likeness (QED) is 0.237. The summed E-state index contributed by atoms with van der Waals surface area (Å²) in [4.78, 5) is 0. The van der Waals surface area contributed by atoms with E-state index in [9.17, 15) is 0 Å². The summed E-state index contributed by atoms with van der Waals surface area (Å²) in [7, 11) is 0. The number of hydrogen-bond donors (Lipinski definition) is 3. The van der Waals surface area contributed by atoms with E-state index in [0.717, 1.165) is 18.2 Å². The standard InChI is InChI=1S/C16H25N3O2/c1-12(13-4-2-3-5-13)18-10-11-21-15-8-6-14(7-9-15)16(17)19-20/h6-9,12-13,18,20H,2-5,10-11H2,1H3,(H2,17,19)/t12-/m0/s1. The molecule has 2 rings (SSSR count). The Labute approximate surface area is 126 Å². The van der Waals surface area contributed by atoms with Crippen LogP contribution in [0.2, 0.25) is 0 Å². The molecule has 0 saturated heterocycles. The van der Waals surface area contributed by atoms with Gasteiger partial charge in [0.2, 0.25) is 0 Å². The van der Waals surface area contributed by atoms with Gasteiger partial charge in [-0.25, -0.2) is 0 Å². The average molecular weight is 291 g/mol. The van der Waals surface area contributed by atoms with Crippen LogP contribution < -0.4 is 15.8 Å². The minimum absolute atomic E-state index is 0.105. The summed E-state index contributed by atoms with van der Waals surface area (Å²) >= 11 is 0. The molecule has 116 valence electrons. The van der Waals surface area contributed by atoms with Gasteiger partial charge in [-0.15, -0.1) is 0 Å². The van der Waals surface area contributed by atoms with Gasteiger partial charge in [-0.2, -0.15) is 0 Å². The van der Waals surface area contributed by atoms with Crippen molar-refractivity contribution < 1.29 is 9.94 Å². The predicted octanol–water partition coefficient (Wildman–Crippen LogP) is 2.33. The number of amidine groups is 1. The van der Waals surface area contributed by atoms with Crippen LogP contribution in [-0.2, 0) is 0 Å². The molecule has 0 heterocycles. The summed E-state index contributed by atoms with van der Waals surface area (Å²) in [6.45, 7) is 3.75. The third-order valence-corrected chi connectivity index (χ3v) is 4.20. The largest absolute Gasteiger partial charge is 0.492 e. The lowest BCUT2D eigenvalue weighted by atomic mass is 10.00. The second-order valence-corrected chi connectivity index (χ2v) is 5.65. The minimum atomic E-state index is 0.105. The fourth-order valence-corrected chi connectivity index (χ4v) is 2.86. The first-order valence-corrected chi connectivity index (χ1v) is 7.65. The highest BCUT2D eigenvalue weighted by atomic mass is 16.5. The fourth-order valence-electron chi connectivity index (χ4n) is 2.86. The molecule has 0 radical (unpaired) electrons. The Morgan fingerprint density at radius 3 is 2.67 bits per heavy atom. The van der Waals surface area contributed by atoms with Crippen LogP contribution in [-0.4, -0.2) is 30.2 Å².